The first-order valence-corrected chi connectivity index (χ1v) is 8.46. The van der Waals surface area contributed by atoms with Crippen molar-refractivity contribution in [3.63, 3.8) is 0 Å². The quantitative estimate of drug-likeness (QED) is 0.774. The molecule has 1 unspecified atom stereocenters. The van der Waals surface area contributed by atoms with Crippen LogP contribution in [-0.2, 0) is 9.47 Å². The molecule has 2 aromatic rings. The molecule has 7 heteroatoms. The molecular weight excluding hydrogens is 334 g/mol. The summed E-state index contributed by atoms with van der Waals surface area (Å²) in [6.07, 6.45) is 5.17. The lowest BCUT2D eigenvalue weighted by molar-refractivity contribution is 0.0601. The van der Waals surface area contributed by atoms with Crippen LogP contribution < -0.4 is 10.6 Å². The van der Waals surface area contributed by atoms with Gasteiger partial charge in [-0.2, -0.15) is 0 Å². The number of hydrogen-bond donors (Lipinski definition) is 2. The van der Waals surface area contributed by atoms with Gasteiger partial charge in [0.05, 0.1) is 41.9 Å². The third-order valence-electron chi connectivity index (χ3n) is 4.13. The van der Waals surface area contributed by atoms with Gasteiger partial charge >= 0.3 is 5.97 Å². The van der Waals surface area contributed by atoms with Gasteiger partial charge in [-0.3, -0.25) is 9.78 Å². The summed E-state index contributed by atoms with van der Waals surface area (Å²) in [4.78, 5) is 28.3. The fourth-order valence-electron chi connectivity index (χ4n) is 2.78. The number of benzene rings is 1. The maximum Gasteiger partial charge on any atom is 0.339 e. The summed E-state index contributed by atoms with van der Waals surface area (Å²) in [5, 5.41) is 5.98. The third-order valence-corrected chi connectivity index (χ3v) is 4.13. The minimum absolute atomic E-state index is 0.0835. The highest BCUT2D eigenvalue weighted by Crippen LogP contribution is 2.21. The topological polar surface area (TPSA) is 89.5 Å². The Morgan fingerprint density at radius 1 is 1.31 bits per heavy atom. The second kappa shape index (κ2) is 8.44. The zero-order chi connectivity index (χ0) is 18.4. The second-order valence-electron chi connectivity index (χ2n) is 5.97. The van der Waals surface area contributed by atoms with Gasteiger partial charge in [0.25, 0.3) is 5.91 Å². The van der Waals surface area contributed by atoms with E-state index in [0.29, 0.717) is 29.0 Å². The number of aromatic nitrogens is 1. The fourth-order valence-corrected chi connectivity index (χ4v) is 2.78. The number of nitrogens with zero attached hydrogens (tertiary/aromatic N) is 1. The molecule has 0 aliphatic carbocycles. The van der Waals surface area contributed by atoms with Crippen LogP contribution in [0.25, 0.3) is 0 Å². The summed E-state index contributed by atoms with van der Waals surface area (Å²) in [6, 6.07) is 8.67. The van der Waals surface area contributed by atoms with Crippen molar-refractivity contribution in [2.75, 3.05) is 25.6 Å². The van der Waals surface area contributed by atoms with E-state index in [2.05, 4.69) is 15.6 Å². The fraction of sp³-hybridized carbons (Fsp3) is 0.316. The maximum absolute atomic E-state index is 12.3. The molecule has 0 spiro atoms. The Bertz CT molecular complexity index is 788. The van der Waals surface area contributed by atoms with Crippen molar-refractivity contribution in [2.45, 2.75) is 18.9 Å². The average molecular weight is 355 g/mol. The number of methoxy groups -OCH3 is 1. The van der Waals surface area contributed by atoms with Crippen LogP contribution in [0.3, 0.4) is 0 Å². The molecule has 7 nitrogen and oxygen atoms in total. The van der Waals surface area contributed by atoms with Crippen LogP contribution in [0.4, 0.5) is 11.4 Å². The van der Waals surface area contributed by atoms with Gasteiger partial charge in [0.1, 0.15) is 0 Å². The molecule has 0 radical (unpaired) electrons. The summed E-state index contributed by atoms with van der Waals surface area (Å²) in [7, 11) is 1.33. The Kier molecular flexibility index (Phi) is 5.80. The summed E-state index contributed by atoms with van der Waals surface area (Å²) in [5.74, 6) is -0.649. The third kappa shape index (κ3) is 4.37. The van der Waals surface area contributed by atoms with Gasteiger partial charge in [-0.1, -0.05) is 12.1 Å². The van der Waals surface area contributed by atoms with Gasteiger partial charge in [0.15, 0.2) is 0 Å². The van der Waals surface area contributed by atoms with E-state index in [1.165, 1.54) is 13.3 Å². The van der Waals surface area contributed by atoms with Gasteiger partial charge in [-0.15, -0.1) is 0 Å². The summed E-state index contributed by atoms with van der Waals surface area (Å²) in [5.41, 5.74) is 2.02. The molecular formula is C19H21N3O4. The monoisotopic (exact) mass is 355 g/mol. The Balaban J connectivity index is 1.69. The smallest absolute Gasteiger partial charge is 0.339 e. The molecule has 1 aliphatic rings. The van der Waals surface area contributed by atoms with Crippen LogP contribution in [0.15, 0.2) is 42.7 Å². The predicted molar refractivity (Wildman–Crippen MR) is 96.6 cm³/mol. The summed E-state index contributed by atoms with van der Waals surface area (Å²) < 4.78 is 10.3. The Labute approximate surface area is 151 Å². The first-order chi connectivity index (χ1) is 12.7. The number of rotatable bonds is 6. The zero-order valence-electron chi connectivity index (χ0n) is 14.5. The van der Waals surface area contributed by atoms with Gasteiger partial charge in [0, 0.05) is 19.3 Å². The number of pyridine rings is 1. The second-order valence-corrected chi connectivity index (χ2v) is 5.97. The van der Waals surface area contributed by atoms with Crippen LogP contribution >= 0.6 is 0 Å². The number of nitrogens with one attached hydrogen (secondary N) is 2. The molecule has 1 saturated heterocycles. The molecule has 1 aromatic heterocycles. The van der Waals surface area contributed by atoms with E-state index in [1.54, 1.807) is 36.5 Å². The molecule has 1 atom stereocenters. The first-order valence-electron chi connectivity index (χ1n) is 8.46. The number of anilines is 2. The highest BCUT2D eigenvalue weighted by molar-refractivity contribution is 5.97. The lowest BCUT2D eigenvalue weighted by Crippen LogP contribution is -2.31. The van der Waals surface area contributed by atoms with Crippen LogP contribution in [0, 0.1) is 0 Å². The molecule has 0 saturated carbocycles. The summed E-state index contributed by atoms with van der Waals surface area (Å²) in [6.45, 7) is 1.24. The van der Waals surface area contributed by atoms with Crippen LogP contribution in [0.5, 0.6) is 0 Å². The number of amides is 1. The minimum Gasteiger partial charge on any atom is -0.465 e. The number of hydrogen-bond acceptors (Lipinski definition) is 6. The number of para-hydroxylation sites is 1. The zero-order valence-corrected chi connectivity index (χ0v) is 14.5. The van der Waals surface area contributed by atoms with Crippen molar-refractivity contribution in [3.8, 4) is 0 Å². The standard InChI is InChI=1S/C19H21N3O4/c1-25-19(24)16-6-2-3-7-17(16)22-14-9-13(10-20-11-14)18(23)21-12-15-5-4-8-26-15/h2-3,6-7,9-11,15,22H,4-5,8,12H2,1H3,(H,21,23). The van der Waals surface area contributed by atoms with E-state index in [0.717, 1.165) is 19.4 Å². The molecule has 1 fully saturated rings. The van der Waals surface area contributed by atoms with E-state index < -0.39 is 5.97 Å². The molecule has 1 aliphatic heterocycles. The lowest BCUT2D eigenvalue weighted by atomic mass is 10.1. The Hall–Kier alpha value is -2.93. The normalized spacial score (nSPS) is 16.1. The largest absolute Gasteiger partial charge is 0.465 e. The predicted octanol–water partition coefficient (Wildman–Crippen LogP) is 2.52. The first kappa shape index (κ1) is 17.9. The molecule has 26 heavy (non-hydrogen) atoms. The van der Waals surface area contributed by atoms with Gasteiger partial charge < -0.3 is 20.1 Å². The van der Waals surface area contributed by atoms with E-state index >= 15 is 0 Å². The van der Waals surface area contributed by atoms with E-state index in [1.807, 2.05) is 0 Å². The molecule has 3 rings (SSSR count). The number of ether oxygens (including phenoxy) is 2. The van der Waals surface area contributed by atoms with E-state index in [9.17, 15) is 9.59 Å². The van der Waals surface area contributed by atoms with E-state index in [-0.39, 0.29) is 12.0 Å². The Morgan fingerprint density at radius 2 is 2.15 bits per heavy atom. The average Bonchev–Trinajstić information content (AvgIpc) is 3.20. The number of esters is 1. The lowest BCUT2D eigenvalue weighted by Gasteiger charge is -2.13. The van der Waals surface area contributed by atoms with Gasteiger partial charge in [-0.25, -0.2) is 4.79 Å². The van der Waals surface area contributed by atoms with Crippen molar-refractivity contribution in [3.05, 3.63) is 53.9 Å². The van der Waals surface area contributed by atoms with Crippen LogP contribution in [0.2, 0.25) is 0 Å². The van der Waals surface area contributed by atoms with Crippen molar-refractivity contribution < 1.29 is 19.1 Å². The SMILES string of the molecule is COC(=O)c1ccccc1Nc1cncc(C(=O)NCC2CCCO2)c1. The van der Waals surface area contributed by atoms with Crippen molar-refractivity contribution in [1.82, 2.24) is 10.3 Å². The highest BCUT2D eigenvalue weighted by atomic mass is 16.5. The van der Waals surface area contributed by atoms with Crippen molar-refractivity contribution in [2.24, 2.45) is 0 Å². The maximum atomic E-state index is 12.3. The van der Waals surface area contributed by atoms with Crippen molar-refractivity contribution >= 4 is 23.3 Å². The molecule has 1 amide bonds. The van der Waals surface area contributed by atoms with Gasteiger partial charge in [0.2, 0.25) is 0 Å². The summed E-state index contributed by atoms with van der Waals surface area (Å²) >= 11 is 0. The number of carbonyl (C=O) groups excluding carboxylic acids is 2. The van der Waals surface area contributed by atoms with E-state index in [4.69, 9.17) is 9.47 Å². The van der Waals surface area contributed by atoms with Crippen molar-refractivity contribution in [1.29, 1.82) is 0 Å². The van der Waals surface area contributed by atoms with Gasteiger partial charge in [-0.05, 0) is 31.0 Å². The molecule has 1 aromatic carbocycles. The minimum atomic E-state index is -0.438. The van der Waals surface area contributed by atoms with Crippen LogP contribution in [-0.4, -0.2) is 43.2 Å². The molecule has 2 N–H and O–H groups in total. The molecule has 136 valence electrons. The highest BCUT2D eigenvalue weighted by Gasteiger charge is 2.17. The Morgan fingerprint density at radius 3 is 2.92 bits per heavy atom. The molecule has 2 heterocycles. The molecule has 0 bridgehead atoms. The van der Waals surface area contributed by atoms with Crippen LogP contribution in [0.1, 0.15) is 33.6 Å². The number of carbonyl (C=O) groups is 2.